The summed E-state index contributed by atoms with van der Waals surface area (Å²) in [6.45, 7) is 9.92. The summed E-state index contributed by atoms with van der Waals surface area (Å²) in [7, 11) is 0. The quantitative estimate of drug-likeness (QED) is 0.472. The number of carbonyl (C=O) groups excluding carboxylic acids is 2. The van der Waals surface area contributed by atoms with Crippen molar-refractivity contribution in [3.05, 3.63) is 23.3 Å². The van der Waals surface area contributed by atoms with Crippen molar-refractivity contribution < 1.29 is 19.1 Å². The molecule has 0 aromatic rings. The third kappa shape index (κ3) is 3.37. The van der Waals surface area contributed by atoms with E-state index in [1.54, 1.807) is 0 Å². The highest BCUT2D eigenvalue weighted by molar-refractivity contribution is 5.66. The second-order valence-corrected chi connectivity index (χ2v) is 10.3. The topological polar surface area (TPSA) is 52.6 Å². The van der Waals surface area contributed by atoms with Crippen molar-refractivity contribution >= 4 is 11.9 Å². The number of esters is 2. The highest BCUT2D eigenvalue weighted by Gasteiger charge is 2.57. The molecule has 4 aliphatic carbocycles. The van der Waals surface area contributed by atoms with Crippen LogP contribution < -0.4 is 0 Å². The Morgan fingerprint density at radius 3 is 2.41 bits per heavy atom. The van der Waals surface area contributed by atoms with Crippen LogP contribution in [0.25, 0.3) is 0 Å². The molecule has 4 rings (SSSR count). The summed E-state index contributed by atoms with van der Waals surface area (Å²) in [5.74, 6) is 1.67. The summed E-state index contributed by atoms with van der Waals surface area (Å²) in [6.07, 6.45) is 12.4. The van der Waals surface area contributed by atoms with Crippen LogP contribution in [0.4, 0.5) is 0 Å². The first kappa shape index (κ1) is 20.7. The number of ether oxygens (including phenoxy) is 2. The minimum atomic E-state index is -0.193. The van der Waals surface area contributed by atoms with Crippen LogP contribution >= 0.6 is 0 Å². The van der Waals surface area contributed by atoms with Gasteiger partial charge in [-0.15, -0.1) is 0 Å². The van der Waals surface area contributed by atoms with Gasteiger partial charge in [-0.1, -0.05) is 31.6 Å². The molecule has 4 heteroatoms. The lowest BCUT2D eigenvalue weighted by atomic mass is 9.47. The molecule has 7 atom stereocenters. The molecule has 0 radical (unpaired) electrons. The van der Waals surface area contributed by atoms with Crippen LogP contribution in [0.15, 0.2) is 23.3 Å². The molecule has 4 nitrogen and oxygen atoms in total. The second kappa shape index (κ2) is 7.28. The van der Waals surface area contributed by atoms with Crippen molar-refractivity contribution in [3.8, 4) is 0 Å². The molecular weight excluding hydrogens is 364 g/mol. The van der Waals surface area contributed by atoms with Gasteiger partial charge < -0.3 is 9.47 Å². The molecule has 0 unspecified atom stereocenters. The van der Waals surface area contributed by atoms with E-state index in [9.17, 15) is 9.59 Å². The minimum Gasteiger partial charge on any atom is -0.462 e. The fourth-order valence-corrected chi connectivity index (χ4v) is 7.51. The van der Waals surface area contributed by atoms with Gasteiger partial charge in [-0.3, -0.25) is 9.59 Å². The maximum Gasteiger partial charge on any atom is 0.303 e. The summed E-state index contributed by atoms with van der Waals surface area (Å²) in [6, 6.07) is 0. The SMILES string of the molecule is CC(=O)O[C@H]1CC[C@@]2(C)C(=CC[C@H]3[C@H]2CC[C@]2(C)C([C@@H](C)OC(C)=O)=CC[C@H]32)C1. The molecule has 4 aliphatic rings. The molecule has 0 saturated heterocycles. The van der Waals surface area contributed by atoms with Gasteiger partial charge in [-0.2, -0.15) is 0 Å². The van der Waals surface area contributed by atoms with Gasteiger partial charge in [0.2, 0.25) is 0 Å². The summed E-state index contributed by atoms with van der Waals surface area (Å²) in [5.41, 5.74) is 3.26. The smallest absolute Gasteiger partial charge is 0.303 e. The summed E-state index contributed by atoms with van der Waals surface area (Å²) >= 11 is 0. The largest absolute Gasteiger partial charge is 0.462 e. The molecule has 0 aliphatic heterocycles. The maximum atomic E-state index is 11.5. The van der Waals surface area contributed by atoms with Gasteiger partial charge in [0, 0.05) is 20.3 Å². The summed E-state index contributed by atoms with van der Waals surface area (Å²) < 4.78 is 11.1. The van der Waals surface area contributed by atoms with E-state index in [1.165, 1.54) is 37.8 Å². The third-order valence-corrected chi connectivity index (χ3v) is 8.81. The molecule has 0 aromatic carbocycles. The van der Waals surface area contributed by atoms with Gasteiger partial charge in [-0.25, -0.2) is 0 Å². The molecule has 29 heavy (non-hydrogen) atoms. The Labute approximate surface area is 175 Å². The van der Waals surface area contributed by atoms with Crippen LogP contribution in [0.2, 0.25) is 0 Å². The van der Waals surface area contributed by atoms with E-state index < -0.39 is 0 Å². The van der Waals surface area contributed by atoms with E-state index in [-0.39, 0.29) is 35.0 Å². The number of allylic oxidation sites excluding steroid dienone is 2. The van der Waals surface area contributed by atoms with Crippen LogP contribution in [-0.4, -0.2) is 24.1 Å². The van der Waals surface area contributed by atoms with Crippen molar-refractivity contribution in [1.82, 2.24) is 0 Å². The number of fused-ring (bicyclic) bond motifs is 5. The standard InChI is InChI=1S/C25H36O4/c1-15(28-16(2)26)21-8-9-22-20-7-6-18-14-19(29-17(3)27)10-12-24(18,4)23(20)11-13-25(21,22)5/h6,8,15,19-20,22-23H,7,9-14H2,1-5H3/t15-,19+,20-,22-,23-,24+,25-/m1/s1. The molecule has 2 fully saturated rings. The molecule has 0 bridgehead atoms. The van der Waals surface area contributed by atoms with E-state index in [2.05, 4.69) is 26.0 Å². The van der Waals surface area contributed by atoms with Gasteiger partial charge in [0.1, 0.15) is 12.2 Å². The van der Waals surface area contributed by atoms with E-state index >= 15 is 0 Å². The first-order chi connectivity index (χ1) is 13.6. The van der Waals surface area contributed by atoms with E-state index in [0.717, 1.165) is 32.1 Å². The Bertz CT molecular complexity index is 765. The Kier molecular flexibility index (Phi) is 5.19. The molecule has 0 N–H and O–H groups in total. The monoisotopic (exact) mass is 400 g/mol. The average Bonchev–Trinajstić information content (AvgIpc) is 2.98. The Morgan fingerprint density at radius 2 is 1.72 bits per heavy atom. The number of hydrogen-bond acceptors (Lipinski definition) is 4. The molecule has 0 aromatic heterocycles. The lowest BCUT2D eigenvalue weighted by Gasteiger charge is -2.58. The highest BCUT2D eigenvalue weighted by Crippen LogP contribution is 2.65. The molecule has 0 spiro atoms. The van der Waals surface area contributed by atoms with Gasteiger partial charge in [0.05, 0.1) is 0 Å². The Morgan fingerprint density at radius 1 is 1.00 bits per heavy atom. The lowest BCUT2D eigenvalue weighted by Crippen LogP contribution is -2.50. The molecule has 0 heterocycles. The van der Waals surface area contributed by atoms with Crippen LogP contribution in [0.3, 0.4) is 0 Å². The van der Waals surface area contributed by atoms with Crippen LogP contribution in [-0.2, 0) is 19.1 Å². The minimum absolute atomic E-state index is 0.0570. The van der Waals surface area contributed by atoms with Crippen molar-refractivity contribution in [2.45, 2.75) is 91.8 Å². The molecular formula is C25H36O4. The number of rotatable bonds is 3. The predicted molar refractivity (Wildman–Crippen MR) is 112 cm³/mol. The highest BCUT2D eigenvalue weighted by atomic mass is 16.5. The van der Waals surface area contributed by atoms with Gasteiger partial charge >= 0.3 is 11.9 Å². The Balaban J connectivity index is 1.55. The first-order valence-electron chi connectivity index (χ1n) is 11.4. The van der Waals surface area contributed by atoms with Crippen molar-refractivity contribution in [2.24, 2.45) is 28.6 Å². The first-order valence-corrected chi connectivity index (χ1v) is 11.4. The summed E-state index contributed by atoms with van der Waals surface area (Å²) in [4.78, 5) is 22.9. The van der Waals surface area contributed by atoms with Crippen LogP contribution in [0, 0.1) is 28.6 Å². The van der Waals surface area contributed by atoms with E-state index in [4.69, 9.17) is 9.47 Å². The van der Waals surface area contributed by atoms with Gasteiger partial charge in [0.15, 0.2) is 0 Å². The second-order valence-electron chi connectivity index (χ2n) is 10.3. The maximum absolute atomic E-state index is 11.5. The molecule has 0 amide bonds. The van der Waals surface area contributed by atoms with Crippen molar-refractivity contribution in [1.29, 1.82) is 0 Å². The van der Waals surface area contributed by atoms with E-state index in [0.29, 0.717) is 17.8 Å². The van der Waals surface area contributed by atoms with E-state index in [1.807, 2.05) is 6.92 Å². The zero-order chi connectivity index (χ0) is 21.0. The average molecular weight is 401 g/mol. The van der Waals surface area contributed by atoms with Gasteiger partial charge in [0.25, 0.3) is 0 Å². The summed E-state index contributed by atoms with van der Waals surface area (Å²) in [5, 5.41) is 0. The molecule has 160 valence electrons. The van der Waals surface area contributed by atoms with Crippen LogP contribution in [0.5, 0.6) is 0 Å². The zero-order valence-corrected chi connectivity index (χ0v) is 18.6. The van der Waals surface area contributed by atoms with Crippen LogP contribution in [0.1, 0.15) is 79.6 Å². The predicted octanol–water partition coefficient (Wildman–Crippen LogP) is 5.37. The third-order valence-electron chi connectivity index (χ3n) is 8.81. The van der Waals surface area contributed by atoms with Crippen molar-refractivity contribution in [3.63, 3.8) is 0 Å². The lowest BCUT2D eigenvalue weighted by molar-refractivity contribution is -0.149. The Hall–Kier alpha value is -1.58. The zero-order valence-electron chi connectivity index (χ0n) is 18.6. The fraction of sp³-hybridized carbons (Fsp3) is 0.760. The normalized spacial score (nSPS) is 41.8. The number of hydrogen-bond donors (Lipinski definition) is 0. The van der Waals surface area contributed by atoms with Crippen molar-refractivity contribution in [2.75, 3.05) is 0 Å². The van der Waals surface area contributed by atoms with Gasteiger partial charge in [-0.05, 0) is 79.6 Å². The number of carbonyl (C=O) groups is 2. The fourth-order valence-electron chi connectivity index (χ4n) is 7.51. The molecule has 2 saturated carbocycles.